The third-order valence-corrected chi connectivity index (χ3v) is 4.07. The molecule has 0 aliphatic heterocycles. The molecule has 3 aromatic rings. The lowest BCUT2D eigenvalue weighted by atomic mass is 10.1. The van der Waals surface area contributed by atoms with Crippen LogP contribution in [0.3, 0.4) is 0 Å². The standard InChI is InChI=1S/C17H14N8O5/c1-10-6-15(23-16(22-10)11(8-18)9-21-23)19-4-5-20-17(26)13-3-2-12(24(27)28)7-14(13)25(29)30/h2-3,6-7,9,19H,4-5H2,1H3,(H,20,26). The van der Waals surface area contributed by atoms with Crippen molar-refractivity contribution in [2.75, 3.05) is 18.4 Å². The van der Waals surface area contributed by atoms with E-state index in [2.05, 4.69) is 20.7 Å². The topological polar surface area (TPSA) is 181 Å². The highest BCUT2D eigenvalue weighted by Crippen LogP contribution is 2.24. The first-order chi connectivity index (χ1) is 14.3. The van der Waals surface area contributed by atoms with Gasteiger partial charge in [-0.15, -0.1) is 0 Å². The van der Waals surface area contributed by atoms with Crippen LogP contribution in [-0.4, -0.2) is 43.4 Å². The molecule has 0 aliphatic rings. The first-order valence-corrected chi connectivity index (χ1v) is 8.52. The minimum atomic E-state index is -0.846. The summed E-state index contributed by atoms with van der Waals surface area (Å²) in [7, 11) is 0. The van der Waals surface area contributed by atoms with E-state index < -0.39 is 27.1 Å². The van der Waals surface area contributed by atoms with E-state index in [1.165, 1.54) is 10.7 Å². The zero-order valence-electron chi connectivity index (χ0n) is 15.5. The lowest BCUT2D eigenvalue weighted by molar-refractivity contribution is -0.394. The summed E-state index contributed by atoms with van der Waals surface area (Å²) in [4.78, 5) is 36.9. The van der Waals surface area contributed by atoms with Gasteiger partial charge in [0.2, 0.25) is 0 Å². The number of nitriles is 1. The number of amides is 1. The van der Waals surface area contributed by atoms with Crippen LogP contribution in [0, 0.1) is 38.5 Å². The quantitative estimate of drug-likeness (QED) is 0.332. The van der Waals surface area contributed by atoms with Crippen LogP contribution in [0.4, 0.5) is 17.2 Å². The fourth-order valence-electron chi connectivity index (χ4n) is 2.73. The van der Waals surface area contributed by atoms with Crippen molar-refractivity contribution in [3.05, 3.63) is 67.5 Å². The summed E-state index contributed by atoms with van der Waals surface area (Å²) >= 11 is 0. The van der Waals surface area contributed by atoms with Gasteiger partial charge in [0.25, 0.3) is 17.3 Å². The number of hydrogen-bond donors (Lipinski definition) is 2. The predicted octanol–water partition coefficient (Wildman–Crippen LogP) is 1.57. The number of nitro groups is 2. The first kappa shape index (κ1) is 20.1. The first-order valence-electron chi connectivity index (χ1n) is 8.52. The second kappa shape index (κ2) is 8.19. The van der Waals surface area contributed by atoms with Gasteiger partial charge in [-0.1, -0.05) is 0 Å². The fraction of sp³-hybridized carbons (Fsp3) is 0.176. The van der Waals surface area contributed by atoms with E-state index in [1.807, 2.05) is 6.07 Å². The minimum Gasteiger partial charge on any atom is -0.368 e. The van der Waals surface area contributed by atoms with E-state index in [0.29, 0.717) is 22.7 Å². The lowest BCUT2D eigenvalue weighted by Crippen LogP contribution is -2.29. The van der Waals surface area contributed by atoms with E-state index in [1.54, 1.807) is 13.0 Å². The highest BCUT2D eigenvalue weighted by Gasteiger charge is 2.23. The molecule has 2 N–H and O–H groups in total. The molecule has 13 nitrogen and oxygen atoms in total. The summed E-state index contributed by atoms with van der Waals surface area (Å²) in [5.74, 6) is -0.185. The number of rotatable bonds is 7. The Bertz CT molecular complexity index is 1210. The number of non-ortho nitro benzene ring substituents is 1. The van der Waals surface area contributed by atoms with Gasteiger partial charge < -0.3 is 10.6 Å². The van der Waals surface area contributed by atoms with Gasteiger partial charge in [0.15, 0.2) is 5.65 Å². The summed E-state index contributed by atoms with van der Waals surface area (Å²) in [6.07, 6.45) is 1.39. The Morgan fingerprint density at radius 2 is 2.00 bits per heavy atom. The average Bonchev–Trinajstić information content (AvgIpc) is 3.13. The van der Waals surface area contributed by atoms with E-state index in [-0.39, 0.29) is 18.7 Å². The zero-order valence-corrected chi connectivity index (χ0v) is 15.5. The van der Waals surface area contributed by atoms with Crippen molar-refractivity contribution >= 4 is 28.7 Å². The van der Waals surface area contributed by atoms with Gasteiger partial charge in [-0.2, -0.15) is 14.9 Å². The summed E-state index contributed by atoms with van der Waals surface area (Å²) in [5.41, 5.74) is -0.0354. The van der Waals surface area contributed by atoms with Crippen LogP contribution in [0.5, 0.6) is 0 Å². The lowest BCUT2D eigenvalue weighted by Gasteiger charge is -2.10. The van der Waals surface area contributed by atoms with E-state index in [0.717, 1.165) is 18.2 Å². The number of benzene rings is 1. The number of anilines is 1. The molecule has 0 aliphatic carbocycles. The number of fused-ring (bicyclic) bond motifs is 1. The summed E-state index contributed by atoms with van der Waals surface area (Å²) in [6, 6.07) is 6.53. The number of aryl methyl sites for hydroxylation is 1. The summed E-state index contributed by atoms with van der Waals surface area (Å²) < 4.78 is 1.45. The predicted molar refractivity (Wildman–Crippen MR) is 103 cm³/mol. The molecule has 30 heavy (non-hydrogen) atoms. The number of aromatic nitrogens is 3. The van der Waals surface area contributed by atoms with Crippen LogP contribution >= 0.6 is 0 Å². The molecule has 0 radical (unpaired) electrons. The van der Waals surface area contributed by atoms with Gasteiger partial charge in [-0.25, -0.2) is 4.98 Å². The molecular weight excluding hydrogens is 396 g/mol. The number of nitrogens with zero attached hydrogens (tertiary/aromatic N) is 6. The molecule has 152 valence electrons. The summed E-state index contributed by atoms with van der Waals surface area (Å²) in [6.45, 7) is 2.10. The van der Waals surface area contributed by atoms with Crippen molar-refractivity contribution in [2.45, 2.75) is 6.92 Å². The Morgan fingerprint density at radius 3 is 2.67 bits per heavy atom. The van der Waals surface area contributed by atoms with Gasteiger partial charge in [0, 0.05) is 30.9 Å². The van der Waals surface area contributed by atoms with Crippen molar-refractivity contribution in [3.8, 4) is 6.07 Å². The molecule has 1 amide bonds. The molecule has 1 aromatic carbocycles. The van der Waals surface area contributed by atoms with Gasteiger partial charge in [-0.3, -0.25) is 25.0 Å². The molecule has 0 saturated heterocycles. The number of carbonyl (C=O) groups excluding carboxylic acids is 1. The van der Waals surface area contributed by atoms with Crippen molar-refractivity contribution in [3.63, 3.8) is 0 Å². The van der Waals surface area contributed by atoms with Gasteiger partial charge >= 0.3 is 0 Å². The van der Waals surface area contributed by atoms with E-state index in [4.69, 9.17) is 5.26 Å². The van der Waals surface area contributed by atoms with Crippen molar-refractivity contribution < 1.29 is 14.6 Å². The molecule has 0 unspecified atom stereocenters. The Kier molecular flexibility index (Phi) is 5.50. The van der Waals surface area contributed by atoms with Crippen LogP contribution in [0.2, 0.25) is 0 Å². The highest BCUT2D eigenvalue weighted by molar-refractivity contribution is 5.98. The third kappa shape index (κ3) is 3.97. The van der Waals surface area contributed by atoms with Gasteiger partial charge in [0.1, 0.15) is 23.0 Å². The highest BCUT2D eigenvalue weighted by atomic mass is 16.6. The van der Waals surface area contributed by atoms with Crippen LogP contribution < -0.4 is 10.6 Å². The zero-order chi connectivity index (χ0) is 21.8. The van der Waals surface area contributed by atoms with Crippen molar-refractivity contribution in [1.82, 2.24) is 19.9 Å². The van der Waals surface area contributed by atoms with Gasteiger partial charge in [-0.05, 0) is 13.0 Å². The second-order valence-corrected chi connectivity index (χ2v) is 6.09. The average molecular weight is 410 g/mol. The fourth-order valence-corrected chi connectivity index (χ4v) is 2.73. The maximum Gasteiger partial charge on any atom is 0.289 e. The smallest absolute Gasteiger partial charge is 0.289 e. The number of hydrogen-bond acceptors (Lipinski definition) is 9. The monoisotopic (exact) mass is 410 g/mol. The number of nitro benzene ring substituents is 2. The van der Waals surface area contributed by atoms with E-state index in [9.17, 15) is 25.0 Å². The van der Waals surface area contributed by atoms with Crippen molar-refractivity contribution in [2.24, 2.45) is 0 Å². The number of nitrogens with one attached hydrogen (secondary N) is 2. The maximum atomic E-state index is 12.3. The van der Waals surface area contributed by atoms with E-state index >= 15 is 0 Å². The Labute approximate surface area is 168 Å². The maximum absolute atomic E-state index is 12.3. The molecule has 2 aromatic heterocycles. The van der Waals surface area contributed by atoms with Crippen LogP contribution in [0.15, 0.2) is 30.5 Å². The Balaban J connectivity index is 1.68. The van der Waals surface area contributed by atoms with Crippen LogP contribution in [-0.2, 0) is 0 Å². The summed E-state index contributed by atoms with van der Waals surface area (Å²) in [5, 5.41) is 40.7. The molecule has 0 bridgehead atoms. The number of carbonyl (C=O) groups is 1. The Morgan fingerprint density at radius 1 is 1.23 bits per heavy atom. The largest absolute Gasteiger partial charge is 0.368 e. The van der Waals surface area contributed by atoms with Crippen molar-refractivity contribution in [1.29, 1.82) is 5.26 Å². The Hall–Kier alpha value is -4.60. The van der Waals surface area contributed by atoms with Crippen LogP contribution in [0.25, 0.3) is 5.65 Å². The molecule has 2 heterocycles. The third-order valence-electron chi connectivity index (χ3n) is 4.07. The SMILES string of the molecule is Cc1cc(NCCNC(=O)c2ccc([N+](=O)[O-])cc2[N+](=O)[O-])n2ncc(C#N)c2n1. The molecular formula is C17H14N8O5. The minimum absolute atomic E-state index is 0.0994. The second-order valence-electron chi connectivity index (χ2n) is 6.09. The molecule has 0 saturated carbocycles. The molecule has 3 rings (SSSR count). The molecule has 13 heteroatoms. The van der Waals surface area contributed by atoms with Crippen LogP contribution in [0.1, 0.15) is 21.6 Å². The molecule has 0 fully saturated rings. The molecule has 0 atom stereocenters. The van der Waals surface area contributed by atoms with Gasteiger partial charge in [0.05, 0.1) is 22.1 Å². The molecule has 0 spiro atoms. The normalized spacial score (nSPS) is 10.4.